The molecule has 18 aromatic rings. The Morgan fingerprint density at radius 2 is 0.534 bits per heavy atom. The smallest absolute Gasteiger partial charge is 0.164 e. The zero-order valence-electron chi connectivity index (χ0n) is 47.6. The fourth-order valence-electron chi connectivity index (χ4n) is 13.8. The third-order valence-corrected chi connectivity index (χ3v) is 17.8. The molecule has 410 valence electrons. The van der Waals surface area contributed by atoms with Gasteiger partial charge in [0.25, 0.3) is 0 Å². The Bertz CT molecular complexity index is 5650. The lowest BCUT2D eigenvalue weighted by Crippen LogP contribution is -2.01. The summed E-state index contributed by atoms with van der Waals surface area (Å²) in [6.07, 6.45) is 0. The van der Waals surface area contributed by atoms with Crippen molar-refractivity contribution in [2.75, 3.05) is 0 Å². The molecule has 0 saturated carbocycles. The zero-order valence-corrected chi connectivity index (χ0v) is 47.6. The van der Waals surface area contributed by atoms with Crippen molar-refractivity contribution in [1.29, 1.82) is 0 Å². The van der Waals surface area contributed by atoms with Crippen molar-refractivity contribution in [1.82, 2.24) is 33.2 Å². The molecule has 7 nitrogen and oxygen atoms in total. The van der Waals surface area contributed by atoms with Crippen LogP contribution in [0.5, 0.6) is 0 Å². The van der Waals surface area contributed by atoms with E-state index < -0.39 is 0 Å². The number of aromatic nitrogens is 7. The molecule has 0 bridgehead atoms. The van der Waals surface area contributed by atoms with E-state index in [0.717, 1.165) is 94.8 Å². The Kier molecular flexibility index (Phi) is 11.2. The molecule has 0 atom stereocenters. The highest BCUT2D eigenvalue weighted by Crippen LogP contribution is 2.43. The lowest BCUT2D eigenvalue weighted by atomic mass is 9.95. The summed E-state index contributed by atoms with van der Waals surface area (Å²) < 4.78 is 9.64. The van der Waals surface area contributed by atoms with Crippen LogP contribution in [0.1, 0.15) is 0 Å². The van der Waals surface area contributed by atoms with Gasteiger partial charge in [0.1, 0.15) is 0 Å². The first-order chi connectivity index (χ1) is 43.6. The van der Waals surface area contributed by atoms with Gasteiger partial charge in [0.15, 0.2) is 17.5 Å². The van der Waals surface area contributed by atoms with Crippen molar-refractivity contribution in [3.05, 3.63) is 309 Å². The molecule has 0 aliphatic heterocycles. The van der Waals surface area contributed by atoms with Crippen LogP contribution < -0.4 is 0 Å². The van der Waals surface area contributed by atoms with Crippen LogP contribution in [0.15, 0.2) is 309 Å². The second kappa shape index (κ2) is 19.8. The third kappa shape index (κ3) is 7.81. The molecule has 0 saturated heterocycles. The first kappa shape index (κ1) is 49.5. The van der Waals surface area contributed by atoms with Crippen LogP contribution in [0.4, 0.5) is 0 Å². The summed E-state index contributed by atoms with van der Waals surface area (Å²) in [7, 11) is 0. The molecule has 5 heterocycles. The Morgan fingerprint density at radius 3 is 1.07 bits per heavy atom. The topological polar surface area (TPSA) is 58.4 Å². The largest absolute Gasteiger partial charge is 0.309 e. The Balaban J connectivity index is 0.790. The average Bonchev–Trinajstić information content (AvgIpc) is 1.80. The third-order valence-electron chi connectivity index (χ3n) is 17.8. The molecular weight excluding hydrogens is 1070 g/mol. The van der Waals surface area contributed by atoms with Gasteiger partial charge < -0.3 is 18.3 Å². The number of para-hydroxylation sites is 7. The van der Waals surface area contributed by atoms with Gasteiger partial charge in [-0.05, 0) is 108 Å². The fraction of sp³-hybridized carbons (Fsp3) is 0. The van der Waals surface area contributed by atoms with Crippen LogP contribution in [0, 0.1) is 0 Å². The summed E-state index contributed by atoms with van der Waals surface area (Å²) in [5, 5.41) is 9.73. The number of nitrogens with zero attached hydrogens (tertiary/aromatic N) is 7. The van der Waals surface area contributed by atoms with Gasteiger partial charge in [0.05, 0.1) is 49.8 Å². The minimum Gasteiger partial charge on any atom is -0.309 e. The van der Waals surface area contributed by atoms with Gasteiger partial charge in [-0.15, -0.1) is 0 Å². The fourth-order valence-corrected chi connectivity index (χ4v) is 13.8. The quantitative estimate of drug-likeness (QED) is 0.145. The molecule has 0 fully saturated rings. The molecule has 0 spiro atoms. The average molecular weight is 1120 g/mol. The molecule has 88 heavy (non-hydrogen) atoms. The predicted octanol–water partition coefficient (Wildman–Crippen LogP) is 20.6. The second-order valence-corrected chi connectivity index (χ2v) is 22.7. The minimum atomic E-state index is 0.601. The summed E-state index contributed by atoms with van der Waals surface area (Å²) in [6.45, 7) is 0. The number of hydrogen-bond acceptors (Lipinski definition) is 3. The van der Waals surface area contributed by atoms with E-state index in [-0.39, 0.29) is 0 Å². The summed E-state index contributed by atoms with van der Waals surface area (Å²) in [5.41, 5.74) is 20.7. The zero-order chi connectivity index (χ0) is 57.8. The van der Waals surface area contributed by atoms with Crippen molar-refractivity contribution in [2.45, 2.75) is 0 Å². The van der Waals surface area contributed by atoms with E-state index in [1.165, 1.54) is 54.1 Å². The second-order valence-electron chi connectivity index (χ2n) is 22.7. The molecule has 7 heteroatoms. The van der Waals surface area contributed by atoms with Crippen LogP contribution in [0.3, 0.4) is 0 Å². The van der Waals surface area contributed by atoms with E-state index in [1.54, 1.807) is 0 Å². The monoisotopic (exact) mass is 1120 g/mol. The van der Waals surface area contributed by atoms with Crippen molar-refractivity contribution < 1.29 is 0 Å². The molecule has 0 aliphatic carbocycles. The lowest BCUT2D eigenvalue weighted by Gasteiger charge is -2.17. The highest BCUT2D eigenvalue weighted by Gasteiger charge is 2.22. The predicted molar refractivity (Wildman–Crippen MR) is 364 cm³/mol. The maximum atomic E-state index is 5.27. The van der Waals surface area contributed by atoms with E-state index in [4.69, 9.17) is 15.0 Å². The summed E-state index contributed by atoms with van der Waals surface area (Å²) in [6, 6.07) is 111. The molecule has 18 rings (SSSR count). The van der Waals surface area contributed by atoms with Gasteiger partial charge >= 0.3 is 0 Å². The minimum absolute atomic E-state index is 0.601. The molecule has 0 N–H and O–H groups in total. The van der Waals surface area contributed by atoms with Crippen LogP contribution in [0.2, 0.25) is 0 Å². The van der Waals surface area contributed by atoms with E-state index in [9.17, 15) is 0 Å². The summed E-state index contributed by atoms with van der Waals surface area (Å²) in [5.74, 6) is 1.82. The SMILES string of the molecule is c1ccc(-c2nc(-c3ccc(-c4ccc(-n5c6ccccc6c6ccccc65)c(-c5ccc6c7ccc(-n8c9ccccc9c9ccccc98)cc7n(-c7ccccc7)c6c5)c4)cc3)nc(-c3cccc(-n4c5ccccc5c5ccccc54)c3)n2)cc1. The van der Waals surface area contributed by atoms with Gasteiger partial charge in [-0.1, -0.05) is 218 Å². The van der Waals surface area contributed by atoms with Gasteiger partial charge in [-0.2, -0.15) is 0 Å². The van der Waals surface area contributed by atoms with Crippen LogP contribution in [-0.2, 0) is 0 Å². The highest BCUT2D eigenvalue weighted by atomic mass is 15.0. The molecule has 13 aromatic carbocycles. The molecule has 0 radical (unpaired) electrons. The first-order valence-electron chi connectivity index (χ1n) is 29.9. The lowest BCUT2D eigenvalue weighted by molar-refractivity contribution is 1.07. The van der Waals surface area contributed by atoms with Crippen molar-refractivity contribution in [3.63, 3.8) is 0 Å². The van der Waals surface area contributed by atoms with Crippen LogP contribution in [0.25, 0.3) is 166 Å². The van der Waals surface area contributed by atoms with E-state index >= 15 is 0 Å². The standard InChI is InChI=1S/C81H51N7/c1-3-20-53(21-4-1)79-82-80(84-81(83-79)57-22-19-25-59(48-57)86-70-32-13-7-26-61(70)62-27-8-14-33-71(62)86)54-40-38-52(39-41-54)55-43-47-76(88-74-36-17-11-30-65(74)66-31-12-18-37-75(66)88)69(49-55)56-42-45-67-68-46-44-60(51-78(68)85(77(67)50-56)58-23-5-2-6-24-58)87-72-34-15-9-28-63(72)64-29-10-16-35-73(64)87/h1-51H. The summed E-state index contributed by atoms with van der Waals surface area (Å²) >= 11 is 0. The number of benzene rings is 13. The van der Waals surface area contributed by atoms with Gasteiger partial charge in [-0.3, -0.25) is 0 Å². The Labute approximate surface area is 506 Å². The number of rotatable bonds is 9. The van der Waals surface area contributed by atoms with E-state index in [1.807, 2.05) is 18.2 Å². The molecule has 0 aliphatic rings. The molecule has 0 unspecified atom stereocenters. The summed E-state index contributed by atoms with van der Waals surface area (Å²) in [4.78, 5) is 15.6. The van der Waals surface area contributed by atoms with Crippen LogP contribution in [-0.4, -0.2) is 33.2 Å². The normalized spacial score (nSPS) is 11.9. The maximum Gasteiger partial charge on any atom is 0.164 e. The Hall–Kier alpha value is -11.9. The first-order valence-corrected chi connectivity index (χ1v) is 29.9. The van der Waals surface area contributed by atoms with Crippen molar-refractivity contribution >= 4 is 87.2 Å². The highest BCUT2D eigenvalue weighted by molar-refractivity contribution is 6.14. The molecular formula is C81H51N7. The molecule has 5 aromatic heterocycles. The van der Waals surface area contributed by atoms with E-state index in [2.05, 4.69) is 309 Å². The maximum absolute atomic E-state index is 5.27. The van der Waals surface area contributed by atoms with Gasteiger partial charge in [0, 0.05) is 82.4 Å². The van der Waals surface area contributed by atoms with Gasteiger partial charge in [-0.25, -0.2) is 15.0 Å². The Morgan fingerprint density at radius 1 is 0.182 bits per heavy atom. The number of hydrogen-bond donors (Lipinski definition) is 0. The molecule has 0 amide bonds. The van der Waals surface area contributed by atoms with E-state index in [0.29, 0.717) is 17.5 Å². The van der Waals surface area contributed by atoms with Crippen molar-refractivity contribution in [3.8, 4) is 79.2 Å². The number of fused-ring (bicyclic) bond motifs is 12. The van der Waals surface area contributed by atoms with Crippen LogP contribution >= 0.6 is 0 Å². The van der Waals surface area contributed by atoms with Gasteiger partial charge in [0.2, 0.25) is 0 Å². The van der Waals surface area contributed by atoms with Crippen molar-refractivity contribution in [2.24, 2.45) is 0 Å².